The summed E-state index contributed by atoms with van der Waals surface area (Å²) in [6, 6.07) is 0.649. The van der Waals surface area contributed by atoms with E-state index in [4.69, 9.17) is 0 Å². The average Bonchev–Trinajstić information content (AvgIpc) is 2.46. The maximum atomic E-state index is 4.26. The molecule has 1 rings (SSSR count). The second-order valence-electron chi connectivity index (χ2n) is 7.38. The Hall–Kier alpha value is -0.300. The van der Waals surface area contributed by atoms with Crippen LogP contribution in [0.1, 0.15) is 79.6 Å². The summed E-state index contributed by atoms with van der Waals surface area (Å²) >= 11 is 0. The number of hydrogen-bond donors (Lipinski definition) is 1. The Bertz CT molecular complexity index is 296. The predicted octanol–water partition coefficient (Wildman–Crippen LogP) is 5.81. The van der Waals surface area contributed by atoms with Gasteiger partial charge in [0.15, 0.2) is 0 Å². The third-order valence-electron chi connectivity index (χ3n) is 5.88. The van der Waals surface area contributed by atoms with E-state index in [1.54, 1.807) is 0 Å². The number of unbranched alkanes of at least 4 members (excludes halogenated alkanes) is 2. The van der Waals surface area contributed by atoms with Crippen LogP contribution in [0, 0.1) is 23.7 Å². The molecule has 0 aromatic carbocycles. The summed E-state index contributed by atoms with van der Waals surface area (Å²) < 4.78 is 0. The van der Waals surface area contributed by atoms with E-state index in [2.05, 4.69) is 46.5 Å². The topological polar surface area (TPSA) is 12.0 Å². The first-order valence-corrected chi connectivity index (χ1v) is 9.43. The molecule has 0 aromatic heterocycles. The minimum atomic E-state index is 0.649. The molecule has 5 unspecified atom stereocenters. The van der Waals surface area contributed by atoms with Gasteiger partial charge >= 0.3 is 0 Å². The van der Waals surface area contributed by atoms with Crippen molar-refractivity contribution in [3.05, 3.63) is 12.2 Å². The summed E-state index contributed by atoms with van der Waals surface area (Å²) in [5, 5.41) is 3.82. The molecule has 1 aliphatic rings. The molecule has 1 heteroatoms. The van der Waals surface area contributed by atoms with E-state index < -0.39 is 0 Å². The SMILES string of the molecule is C=C(C)C(CC)C1CC(C(CC)CCCCC)CNC1C. The summed E-state index contributed by atoms with van der Waals surface area (Å²) in [5.41, 5.74) is 1.39. The Kier molecular flexibility index (Phi) is 8.63. The van der Waals surface area contributed by atoms with Crippen molar-refractivity contribution >= 4 is 0 Å². The van der Waals surface area contributed by atoms with Gasteiger partial charge in [0.05, 0.1) is 0 Å². The molecule has 1 saturated heterocycles. The molecule has 0 saturated carbocycles. The molecular weight excluding hydrogens is 254 g/mol. The fourth-order valence-corrected chi connectivity index (χ4v) is 4.44. The van der Waals surface area contributed by atoms with Crippen LogP contribution in [0.2, 0.25) is 0 Å². The molecule has 0 spiro atoms. The summed E-state index contributed by atoms with van der Waals surface area (Å²) in [4.78, 5) is 0. The zero-order chi connectivity index (χ0) is 15.8. The van der Waals surface area contributed by atoms with E-state index in [9.17, 15) is 0 Å². The average molecular weight is 294 g/mol. The molecule has 1 nitrogen and oxygen atoms in total. The van der Waals surface area contributed by atoms with Crippen LogP contribution in [0.3, 0.4) is 0 Å². The Morgan fingerprint density at radius 1 is 1.19 bits per heavy atom. The summed E-state index contributed by atoms with van der Waals surface area (Å²) in [6.45, 7) is 17.1. The minimum absolute atomic E-state index is 0.649. The fraction of sp³-hybridized carbons (Fsp3) is 0.900. The monoisotopic (exact) mass is 293 g/mol. The lowest BCUT2D eigenvalue weighted by Gasteiger charge is -2.42. The second kappa shape index (κ2) is 9.66. The van der Waals surface area contributed by atoms with E-state index in [0.717, 1.165) is 17.8 Å². The van der Waals surface area contributed by atoms with Crippen molar-refractivity contribution in [1.82, 2.24) is 5.32 Å². The zero-order valence-corrected chi connectivity index (χ0v) is 15.3. The van der Waals surface area contributed by atoms with Gasteiger partial charge in [0.1, 0.15) is 0 Å². The van der Waals surface area contributed by atoms with Crippen LogP contribution >= 0.6 is 0 Å². The highest BCUT2D eigenvalue weighted by Crippen LogP contribution is 2.38. The molecule has 0 amide bonds. The fourth-order valence-electron chi connectivity index (χ4n) is 4.44. The highest BCUT2D eigenvalue weighted by Gasteiger charge is 2.35. The Morgan fingerprint density at radius 3 is 2.43 bits per heavy atom. The third kappa shape index (κ3) is 5.43. The molecular formula is C20H39N. The summed E-state index contributed by atoms with van der Waals surface area (Å²) in [7, 11) is 0. The molecule has 124 valence electrons. The van der Waals surface area contributed by atoms with Gasteiger partial charge in [0, 0.05) is 6.04 Å². The van der Waals surface area contributed by atoms with Gasteiger partial charge in [-0.05, 0) is 56.9 Å². The van der Waals surface area contributed by atoms with Crippen molar-refractivity contribution in [2.45, 2.75) is 85.6 Å². The molecule has 21 heavy (non-hydrogen) atoms. The first kappa shape index (κ1) is 18.7. The predicted molar refractivity (Wildman–Crippen MR) is 95.6 cm³/mol. The molecule has 0 aromatic rings. The smallest absolute Gasteiger partial charge is 0.00729 e. The van der Waals surface area contributed by atoms with Crippen molar-refractivity contribution in [3.8, 4) is 0 Å². The van der Waals surface area contributed by atoms with Crippen molar-refractivity contribution in [2.24, 2.45) is 23.7 Å². The zero-order valence-electron chi connectivity index (χ0n) is 15.3. The van der Waals surface area contributed by atoms with E-state index in [1.165, 1.54) is 57.1 Å². The van der Waals surface area contributed by atoms with Gasteiger partial charge in [0.25, 0.3) is 0 Å². The van der Waals surface area contributed by atoms with Crippen molar-refractivity contribution < 1.29 is 0 Å². The molecule has 1 N–H and O–H groups in total. The second-order valence-corrected chi connectivity index (χ2v) is 7.38. The number of piperidine rings is 1. The van der Waals surface area contributed by atoms with Gasteiger partial charge in [0.2, 0.25) is 0 Å². The third-order valence-corrected chi connectivity index (χ3v) is 5.88. The van der Waals surface area contributed by atoms with E-state index in [-0.39, 0.29) is 0 Å². The van der Waals surface area contributed by atoms with Gasteiger partial charge in [-0.15, -0.1) is 0 Å². The lowest BCUT2D eigenvalue weighted by atomic mass is 9.69. The van der Waals surface area contributed by atoms with Gasteiger partial charge in [-0.25, -0.2) is 0 Å². The molecule has 5 atom stereocenters. The van der Waals surface area contributed by atoms with E-state index in [0.29, 0.717) is 12.0 Å². The van der Waals surface area contributed by atoms with Gasteiger partial charge < -0.3 is 5.32 Å². The molecule has 0 radical (unpaired) electrons. The first-order chi connectivity index (χ1) is 10.0. The summed E-state index contributed by atoms with van der Waals surface area (Å²) in [6.07, 6.45) is 9.59. The highest BCUT2D eigenvalue weighted by atomic mass is 14.9. The Balaban J connectivity index is 2.66. The highest BCUT2D eigenvalue weighted by molar-refractivity contribution is 5.02. The summed E-state index contributed by atoms with van der Waals surface area (Å²) in [5.74, 6) is 3.28. The Labute approximate surface area is 134 Å². The normalized spacial score (nSPS) is 29.1. The number of allylic oxidation sites excluding steroid dienone is 1. The largest absolute Gasteiger partial charge is 0.314 e. The first-order valence-electron chi connectivity index (χ1n) is 9.43. The van der Waals surface area contributed by atoms with E-state index >= 15 is 0 Å². The maximum Gasteiger partial charge on any atom is 0.00729 e. The maximum absolute atomic E-state index is 4.26. The van der Waals surface area contributed by atoms with Crippen LogP contribution in [0.5, 0.6) is 0 Å². The van der Waals surface area contributed by atoms with Crippen molar-refractivity contribution in [2.75, 3.05) is 6.54 Å². The van der Waals surface area contributed by atoms with Crippen molar-refractivity contribution in [1.29, 1.82) is 0 Å². The lowest BCUT2D eigenvalue weighted by Crippen LogP contribution is -2.48. The van der Waals surface area contributed by atoms with Crippen LogP contribution in [0.15, 0.2) is 12.2 Å². The standard InChI is InChI=1S/C20H39N/c1-7-10-11-12-17(8-2)18-13-20(16(6)21-14-18)19(9-3)15(4)5/h16-21H,4,7-14H2,1-3,5-6H3. The number of rotatable bonds is 9. The van der Waals surface area contributed by atoms with E-state index in [1.807, 2.05) is 0 Å². The van der Waals surface area contributed by atoms with Crippen LogP contribution in [-0.2, 0) is 0 Å². The quantitative estimate of drug-likeness (QED) is 0.418. The Morgan fingerprint density at radius 2 is 1.90 bits per heavy atom. The molecule has 0 aliphatic carbocycles. The molecule has 1 fully saturated rings. The van der Waals surface area contributed by atoms with Gasteiger partial charge in [-0.1, -0.05) is 65.0 Å². The lowest BCUT2D eigenvalue weighted by molar-refractivity contribution is 0.130. The van der Waals surface area contributed by atoms with Crippen LogP contribution < -0.4 is 5.32 Å². The number of hydrogen-bond acceptors (Lipinski definition) is 1. The molecule has 0 bridgehead atoms. The molecule has 1 heterocycles. The van der Waals surface area contributed by atoms with Gasteiger partial charge in [-0.3, -0.25) is 0 Å². The number of nitrogens with one attached hydrogen (secondary N) is 1. The van der Waals surface area contributed by atoms with Crippen LogP contribution in [-0.4, -0.2) is 12.6 Å². The van der Waals surface area contributed by atoms with Crippen LogP contribution in [0.25, 0.3) is 0 Å². The van der Waals surface area contributed by atoms with Gasteiger partial charge in [-0.2, -0.15) is 0 Å². The van der Waals surface area contributed by atoms with Crippen LogP contribution in [0.4, 0.5) is 0 Å². The van der Waals surface area contributed by atoms with Crippen molar-refractivity contribution in [3.63, 3.8) is 0 Å². The minimum Gasteiger partial charge on any atom is -0.314 e. The molecule has 1 aliphatic heterocycles.